The number of sulfonamides is 1. The number of hydrogen-bond acceptors (Lipinski definition) is 3. The number of nitrogens with one attached hydrogen (secondary N) is 1. The Morgan fingerprint density at radius 3 is 2.62 bits per heavy atom. The minimum Gasteiger partial charge on any atom is -0.284 e. The molecule has 0 bridgehead atoms. The number of benzene rings is 2. The smallest absolute Gasteiger partial charge is 0.267 e. The molecule has 108 valence electrons. The van der Waals surface area contributed by atoms with Crippen LogP contribution >= 0.6 is 0 Å². The third-order valence-electron chi connectivity index (χ3n) is 3.38. The van der Waals surface area contributed by atoms with Gasteiger partial charge in [-0.25, -0.2) is 8.42 Å². The highest BCUT2D eigenvalue weighted by Crippen LogP contribution is 2.30. The van der Waals surface area contributed by atoms with E-state index in [0.717, 1.165) is 10.8 Å². The second kappa shape index (κ2) is 5.21. The molecule has 0 fully saturated rings. The summed E-state index contributed by atoms with van der Waals surface area (Å²) in [6, 6.07) is 13.4. The highest BCUT2D eigenvalue weighted by Gasteiger charge is 2.25. The molecular formula is C15H15N3O2S. The van der Waals surface area contributed by atoms with Crippen LogP contribution in [0.1, 0.15) is 6.92 Å². The minimum absolute atomic E-state index is 0.164. The van der Waals surface area contributed by atoms with Gasteiger partial charge in [-0.15, -0.1) is 0 Å². The van der Waals surface area contributed by atoms with Crippen molar-refractivity contribution in [2.75, 3.05) is 10.8 Å². The highest BCUT2D eigenvalue weighted by molar-refractivity contribution is 7.92. The van der Waals surface area contributed by atoms with Gasteiger partial charge in [0.15, 0.2) is 0 Å². The average Bonchev–Trinajstić information content (AvgIpc) is 3.03. The summed E-state index contributed by atoms with van der Waals surface area (Å²) in [7, 11) is -3.61. The van der Waals surface area contributed by atoms with Gasteiger partial charge in [0.1, 0.15) is 4.90 Å². The number of aromatic amines is 1. The lowest BCUT2D eigenvalue weighted by Crippen LogP contribution is -2.30. The van der Waals surface area contributed by atoms with Gasteiger partial charge in [0, 0.05) is 18.1 Å². The van der Waals surface area contributed by atoms with Gasteiger partial charge in [-0.2, -0.15) is 5.10 Å². The third-order valence-corrected chi connectivity index (χ3v) is 5.24. The number of anilines is 1. The summed E-state index contributed by atoms with van der Waals surface area (Å²) in [6.45, 7) is 2.17. The van der Waals surface area contributed by atoms with Crippen LogP contribution in [0.2, 0.25) is 0 Å². The normalized spacial score (nSPS) is 11.7. The van der Waals surface area contributed by atoms with E-state index >= 15 is 0 Å². The Morgan fingerprint density at radius 2 is 1.90 bits per heavy atom. The van der Waals surface area contributed by atoms with E-state index in [0.29, 0.717) is 12.2 Å². The first-order valence-corrected chi connectivity index (χ1v) is 8.08. The Kier molecular flexibility index (Phi) is 3.39. The van der Waals surface area contributed by atoms with E-state index in [9.17, 15) is 8.42 Å². The molecule has 0 aliphatic rings. The zero-order valence-corrected chi connectivity index (χ0v) is 12.3. The molecule has 0 radical (unpaired) electrons. The van der Waals surface area contributed by atoms with E-state index in [-0.39, 0.29) is 4.90 Å². The zero-order valence-electron chi connectivity index (χ0n) is 11.5. The van der Waals surface area contributed by atoms with Crippen LogP contribution in [0.25, 0.3) is 10.8 Å². The second-order valence-corrected chi connectivity index (χ2v) is 6.46. The first-order chi connectivity index (χ1) is 10.1. The number of rotatable bonds is 4. The maximum Gasteiger partial charge on any atom is 0.267 e. The molecule has 0 aliphatic carbocycles. The second-order valence-electron chi connectivity index (χ2n) is 4.60. The summed E-state index contributed by atoms with van der Waals surface area (Å²) in [6.07, 6.45) is 2.71. The molecule has 0 saturated heterocycles. The van der Waals surface area contributed by atoms with E-state index in [1.165, 1.54) is 16.7 Å². The quantitative estimate of drug-likeness (QED) is 0.806. The number of H-pyrrole nitrogens is 1. The fraction of sp³-hybridized carbons (Fsp3) is 0.133. The van der Waals surface area contributed by atoms with Gasteiger partial charge in [-0.05, 0) is 18.4 Å². The van der Waals surface area contributed by atoms with Gasteiger partial charge < -0.3 is 0 Å². The van der Waals surface area contributed by atoms with Gasteiger partial charge >= 0.3 is 0 Å². The van der Waals surface area contributed by atoms with Gasteiger partial charge in [-0.1, -0.05) is 36.4 Å². The van der Waals surface area contributed by atoms with Crippen LogP contribution in [0.15, 0.2) is 59.8 Å². The SMILES string of the molecule is CCN(c1cccc2ccccc12)S(=O)(=O)c1cn[nH]c1. The number of fused-ring (bicyclic) bond motifs is 1. The van der Waals surface area contributed by atoms with Crippen molar-refractivity contribution in [2.45, 2.75) is 11.8 Å². The van der Waals surface area contributed by atoms with Crippen molar-refractivity contribution < 1.29 is 8.42 Å². The summed E-state index contributed by atoms with van der Waals surface area (Å²) in [5, 5.41) is 8.20. The van der Waals surface area contributed by atoms with Gasteiger partial charge in [-0.3, -0.25) is 9.40 Å². The molecule has 0 atom stereocenters. The monoisotopic (exact) mass is 301 g/mol. The molecule has 0 aliphatic heterocycles. The van der Waals surface area contributed by atoms with Crippen LogP contribution in [0, 0.1) is 0 Å². The maximum absolute atomic E-state index is 12.7. The molecule has 1 N–H and O–H groups in total. The Labute approximate surface area is 123 Å². The fourth-order valence-electron chi connectivity index (χ4n) is 2.40. The predicted molar refractivity (Wildman–Crippen MR) is 82.7 cm³/mol. The molecule has 21 heavy (non-hydrogen) atoms. The standard InChI is InChI=1S/C15H15N3O2S/c1-2-18(21(19,20)13-10-16-17-11-13)15-9-5-7-12-6-3-4-8-14(12)15/h3-11H,2H2,1H3,(H,16,17). The molecule has 0 saturated carbocycles. The minimum atomic E-state index is -3.61. The molecule has 0 unspecified atom stereocenters. The Morgan fingerprint density at radius 1 is 1.14 bits per heavy atom. The third kappa shape index (κ3) is 2.27. The van der Waals surface area contributed by atoms with Crippen molar-refractivity contribution in [3.63, 3.8) is 0 Å². The highest BCUT2D eigenvalue weighted by atomic mass is 32.2. The van der Waals surface area contributed by atoms with Gasteiger partial charge in [0.05, 0.1) is 11.9 Å². The summed E-state index contributed by atoms with van der Waals surface area (Å²) in [5.41, 5.74) is 0.678. The molecular weight excluding hydrogens is 286 g/mol. The summed E-state index contributed by atoms with van der Waals surface area (Å²) >= 11 is 0. The van der Waals surface area contributed by atoms with Crippen LogP contribution in [-0.2, 0) is 10.0 Å². The lowest BCUT2D eigenvalue weighted by atomic mass is 10.1. The van der Waals surface area contributed by atoms with Crippen molar-refractivity contribution in [1.29, 1.82) is 0 Å². The van der Waals surface area contributed by atoms with E-state index in [2.05, 4.69) is 10.2 Å². The molecule has 3 rings (SSSR count). The van der Waals surface area contributed by atoms with Crippen LogP contribution < -0.4 is 4.31 Å². The van der Waals surface area contributed by atoms with Crippen molar-refractivity contribution in [1.82, 2.24) is 10.2 Å². The van der Waals surface area contributed by atoms with E-state index in [4.69, 9.17) is 0 Å². The first-order valence-electron chi connectivity index (χ1n) is 6.64. The average molecular weight is 301 g/mol. The molecule has 1 aromatic heterocycles. The van der Waals surface area contributed by atoms with Crippen molar-refractivity contribution in [3.05, 3.63) is 54.9 Å². The molecule has 3 aromatic rings. The van der Waals surface area contributed by atoms with Crippen molar-refractivity contribution in [2.24, 2.45) is 0 Å². The maximum atomic E-state index is 12.7. The van der Waals surface area contributed by atoms with Crippen LogP contribution in [0.3, 0.4) is 0 Å². The summed E-state index contributed by atoms with van der Waals surface area (Å²) in [5.74, 6) is 0. The molecule has 6 heteroatoms. The van der Waals surface area contributed by atoms with Gasteiger partial charge in [0.2, 0.25) is 0 Å². The first kappa shape index (κ1) is 13.6. The molecule has 1 heterocycles. The van der Waals surface area contributed by atoms with E-state index in [1.54, 1.807) is 0 Å². The van der Waals surface area contributed by atoms with Crippen LogP contribution in [0.4, 0.5) is 5.69 Å². The largest absolute Gasteiger partial charge is 0.284 e. The van der Waals surface area contributed by atoms with E-state index < -0.39 is 10.0 Å². The Balaban J connectivity index is 2.20. The Bertz CT molecular complexity index is 852. The number of nitrogens with zero attached hydrogens (tertiary/aromatic N) is 2. The van der Waals surface area contributed by atoms with Crippen molar-refractivity contribution >= 4 is 26.5 Å². The van der Waals surface area contributed by atoms with Gasteiger partial charge in [0.25, 0.3) is 10.0 Å². The van der Waals surface area contributed by atoms with E-state index in [1.807, 2.05) is 49.4 Å². The lowest BCUT2D eigenvalue weighted by Gasteiger charge is -2.23. The summed E-state index contributed by atoms with van der Waals surface area (Å²) < 4.78 is 26.9. The zero-order chi connectivity index (χ0) is 14.9. The molecule has 2 aromatic carbocycles. The number of hydrogen-bond donors (Lipinski definition) is 1. The molecule has 0 amide bonds. The lowest BCUT2D eigenvalue weighted by molar-refractivity contribution is 0.592. The topological polar surface area (TPSA) is 66.1 Å². The predicted octanol–water partition coefficient (Wildman–Crippen LogP) is 2.78. The summed E-state index contributed by atoms with van der Waals surface area (Å²) in [4.78, 5) is 0.164. The Hall–Kier alpha value is -2.34. The molecule has 0 spiro atoms. The number of aromatic nitrogens is 2. The fourth-order valence-corrected chi connectivity index (χ4v) is 3.80. The van der Waals surface area contributed by atoms with Crippen molar-refractivity contribution in [3.8, 4) is 0 Å². The van der Waals surface area contributed by atoms with Crippen LogP contribution in [0.5, 0.6) is 0 Å². The van der Waals surface area contributed by atoms with Crippen LogP contribution in [-0.4, -0.2) is 25.2 Å². The molecule has 5 nitrogen and oxygen atoms in total.